The van der Waals surface area contributed by atoms with E-state index in [1.165, 1.54) is 34.9 Å². The van der Waals surface area contributed by atoms with Crippen LogP contribution in [0, 0.1) is 0 Å². The normalized spacial score (nSPS) is 15.1. The second-order valence-electron chi connectivity index (χ2n) is 6.05. The molecule has 9 heteroatoms. The zero-order valence-electron chi connectivity index (χ0n) is 14.9. The molecule has 1 aliphatic rings. The highest BCUT2D eigenvalue weighted by atomic mass is 79.9. The summed E-state index contributed by atoms with van der Waals surface area (Å²) >= 11 is 9.86. The Hall–Kier alpha value is -2.49. The number of hydrogen-bond donors (Lipinski definition) is 1. The molecule has 0 spiro atoms. The van der Waals surface area contributed by atoms with Crippen molar-refractivity contribution in [2.45, 2.75) is 6.42 Å². The van der Waals surface area contributed by atoms with E-state index in [-0.39, 0.29) is 30.3 Å². The number of carboxylic acid groups (broad SMARTS) is 1. The first-order valence-electron chi connectivity index (χ1n) is 8.45. The Kier molecular flexibility index (Phi) is 6.83. The van der Waals surface area contributed by atoms with Crippen molar-refractivity contribution in [2.24, 2.45) is 0 Å². The smallest absolute Gasteiger partial charge is 0.266 e. The molecule has 0 aromatic heterocycles. The minimum atomic E-state index is -1.32. The third-order valence-corrected chi connectivity index (χ3v) is 5.84. The lowest BCUT2D eigenvalue weighted by molar-refractivity contribution is -0.255. The average Bonchev–Trinajstić information content (AvgIpc) is 2.93. The lowest BCUT2D eigenvalue weighted by Crippen LogP contribution is -2.31. The van der Waals surface area contributed by atoms with Crippen LogP contribution in [0.15, 0.2) is 57.9 Å². The van der Waals surface area contributed by atoms with Crippen LogP contribution in [0.5, 0.6) is 0 Å². The summed E-state index contributed by atoms with van der Waals surface area (Å²) in [7, 11) is 0. The molecule has 148 valence electrons. The third kappa shape index (κ3) is 5.53. The van der Waals surface area contributed by atoms with Gasteiger partial charge >= 0.3 is 0 Å². The summed E-state index contributed by atoms with van der Waals surface area (Å²) in [5.74, 6) is -1.92. The summed E-state index contributed by atoms with van der Waals surface area (Å²) in [6.45, 7) is 0.131. The van der Waals surface area contributed by atoms with Gasteiger partial charge in [-0.05, 0) is 41.5 Å². The molecule has 2 amide bonds. The average molecular weight is 490 g/mol. The number of carbonyl (C=O) groups is 3. The number of anilines is 1. The molecule has 0 unspecified atom stereocenters. The summed E-state index contributed by atoms with van der Waals surface area (Å²) in [6, 6.07) is 13.3. The number of carbonyl (C=O) groups excluding carboxylic acids is 3. The van der Waals surface area contributed by atoms with Crippen molar-refractivity contribution < 1.29 is 19.5 Å². The number of rotatable bonds is 6. The Morgan fingerprint density at radius 2 is 1.97 bits per heavy atom. The number of aromatic carboxylic acids is 1. The summed E-state index contributed by atoms with van der Waals surface area (Å²) in [5.41, 5.74) is 1.18. The van der Waals surface area contributed by atoms with Crippen molar-refractivity contribution in [1.82, 2.24) is 4.90 Å². The first-order chi connectivity index (χ1) is 13.8. The Morgan fingerprint density at radius 3 is 2.69 bits per heavy atom. The molecule has 6 nitrogen and oxygen atoms in total. The standard InChI is InChI=1S/C20H15BrN2O4S2/c21-14-5-1-3-12(9-14)10-16-18(25)23(20(28)29-16)8-7-17(24)22-15-6-2-4-13(11-15)19(26)27/h1-6,9-11H,7-8H2,(H,22,24)(H,26,27)/p-1. The van der Waals surface area contributed by atoms with Gasteiger partial charge in [0.1, 0.15) is 4.32 Å². The molecule has 3 rings (SSSR count). The van der Waals surface area contributed by atoms with Gasteiger partial charge < -0.3 is 15.2 Å². The number of nitrogens with one attached hydrogen (secondary N) is 1. The monoisotopic (exact) mass is 489 g/mol. The lowest BCUT2D eigenvalue weighted by atomic mass is 10.2. The van der Waals surface area contributed by atoms with E-state index in [1.807, 2.05) is 24.3 Å². The Morgan fingerprint density at radius 1 is 1.21 bits per heavy atom. The van der Waals surface area contributed by atoms with Crippen molar-refractivity contribution in [3.05, 3.63) is 69.0 Å². The molecule has 0 radical (unpaired) electrons. The fourth-order valence-corrected chi connectivity index (χ4v) is 4.33. The Bertz CT molecular complexity index is 1040. The van der Waals surface area contributed by atoms with Crippen LogP contribution in [0.1, 0.15) is 22.3 Å². The molecule has 29 heavy (non-hydrogen) atoms. The van der Waals surface area contributed by atoms with Gasteiger partial charge in [0, 0.05) is 23.1 Å². The molecule has 1 saturated heterocycles. The molecular weight excluding hydrogens is 476 g/mol. The molecule has 0 atom stereocenters. The van der Waals surface area contributed by atoms with E-state index >= 15 is 0 Å². The van der Waals surface area contributed by atoms with Crippen molar-refractivity contribution >= 4 is 73.8 Å². The van der Waals surface area contributed by atoms with Crippen molar-refractivity contribution in [1.29, 1.82) is 0 Å². The second kappa shape index (κ2) is 9.34. The predicted octanol–water partition coefficient (Wildman–Crippen LogP) is 3.04. The summed E-state index contributed by atoms with van der Waals surface area (Å²) in [6.07, 6.45) is 1.78. The number of nitrogens with zero attached hydrogens (tertiary/aromatic N) is 1. The fraction of sp³-hybridized carbons (Fsp3) is 0.100. The van der Waals surface area contributed by atoms with Gasteiger partial charge in [-0.1, -0.05) is 64.2 Å². The third-order valence-electron chi connectivity index (χ3n) is 3.96. The van der Waals surface area contributed by atoms with Crippen LogP contribution in [-0.4, -0.2) is 33.5 Å². The number of halogens is 1. The minimum absolute atomic E-state index is 0.0200. The topological polar surface area (TPSA) is 89.5 Å². The highest BCUT2D eigenvalue weighted by Gasteiger charge is 2.32. The maximum atomic E-state index is 12.6. The fourth-order valence-electron chi connectivity index (χ4n) is 2.60. The maximum Gasteiger partial charge on any atom is 0.266 e. The highest BCUT2D eigenvalue weighted by molar-refractivity contribution is 9.10. The molecule has 1 N–H and O–H groups in total. The van der Waals surface area contributed by atoms with Crippen LogP contribution in [0.25, 0.3) is 6.08 Å². The predicted molar refractivity (Wildman–Crippen MR) is 118 cm³/mol. The summed E-state index contributed by atoms with van der Waals surface area (Å²) in [5, 5.41) is 13.5. The molecule has 1 fully saturated rings. The largest absolute Gasteiger partial charge is 0.545 e. The summed E-state index contributed by atoms with van der Waals surface area (Å²) in [4.78, 5) is 37.6. The zero-order chi connectivity index (χ0) is 21.0. The zero-order valence-corrected chi connectivity index (χ0v) is 18.1. The first kappa shape index (κ1) is 21.2. The van der Waals surface area contributed by atoms with Gasteiger partial charge in [-0.2, -0.15) is 0 Å². The van der Waals surface area contributed by atoms with Crippen molar-refractivity contribution in [3.63, 3.8) is 0 Å². The van der Waals surface area contributed by atoms with Crippen LogP contribution >= 0.6 is 39.9 Å². The molecule has 0 saturated carbocycles. The van der Waals surface area contributed by atoms with E-state index in [0.29, 0.717) is 14.9 Å². The molecular formula is C20H14BrN2O4S2-. The number of thioether (sulfide) groups is 1. The molecule has 2 aromatic carbocycles. The molecule has 1 heterocycles. The summed E-state index contributed by atoms with van der Waals surface area (Å²) < 4.78 is 1.30. The molecule has 0 bridgehead atoms. The van der Waals surface area contributed by atoms with E-state index in [2.05, 4.69) is 21.2 Å². The first-order valence-corrected chi connectivity index (χ1v) is 10.5. The van der Waals surface area contributed by atoms with Crippen molar-refractivity contribution in [3.8, 4) is 0 Å². The van der Waals surface area contributed by atoms with E-state index in [1.54, 1.807) is 12.1 Å². The van der Waals surface area contributed by atoms with Crippen molar-refractivity contribution in [2.75, 3.05) is 11.9 Å². The maximum absolute atomic E-state index is 12.6. The van der Waals surface area contributed by atoms with Crippen LogP contribution < -0.4 is 10.4 Å². The van der Waals surface area contributed by atoms with Crippen LogP contribution in [-0.2, 0) is 9.59 Å². The number of amides is 2. The molecule has 1 aliphatic heterocycles. The SMILES string of the molecule is O=C(CCN1C(=O)C(=Cc2cccc(Br)c2)SC1=S)Nc1cccc(C(=O)[O-])c1. The molecule has 2 aromatic rings. The number of hydrogen-bond acceptors (Lipinski definition) is 6. The second-order valence-corrected chi connectivity index (χ2v) is 8.65. The quantitative estimate of drug-likeness (QED) is 0.495. The minimum Gasteiger partial charge on any atom is -0.545 e. The van der Waals surface area contributed by atoms with Gasteiger partial charge in [0.25, 0.3) is 5.91 Å². The van der Waals surface area contributed by atoms with Gasteiger partial charge in [-0.3, -0.25) is 14.5 Å². The van der Waals surface area contributed by atoms with E-state index in [4.69, 9.17) is 12.2 Å². The van der Waals surface area contributed by atoms with Gasteiger partial charge in [0.15, 0.2) is 0 Å². The van der Waals surface area contributed by atoms with Gasteiger partial charge in [0.05, 0.1) is 10.9 Å². The highest BCUT2D eigenvalue weighted by Crippen LogP contribution is 2.33. The van der Waals surface area contributed by atoms with Crippen LogP contribution in [0.4, 0.5) is 5.69 Å². The van der Waals surface area contributed by atoms with Crippen LogP contribution in [0.2, 0.25) is 0 Å². The van der Waals surface area contributed by atoms with Crippen LogP contribution in [0.3, 0.4) is 0 Å². The van der Waals surface area contributed by atoms with E-state index in [9.17, 15) is 19.5 Å². The number of thiocarbonyl (C=S) groups is 1. The van der Waals surface area contributed by atoms with Gasteiger partial charge in [-0.15, -0.1) is 0 Å². The Balaban J connectivity index is 1.61. The lowest BCUT2D eigenvalue weighted by Gasteiger charge is -2.14. The van der Waals surface area contributed by atoms with E-state index < -0.39 is 5.97 Å². The number of carboxylic acids is 1. The molecule has 0 aliphatic carbocycles. The van der Waals surface area contributed by atoms with Gasteiger partial charge in [-0.25, -0.2) is 0 Å². The van der Waals surface area contributed by atoms with E-state index in [0.717, 1.165) is 10.0 Å². The Labute approximate surface area is 185 Å². The van der Waals surface area contributed by atoms with Gasteiger partial charge in [0.2, 0.25) is 5.91 Å². The number of benzene rings is 2.